The molecule has 0 amide bonds. The zero-order chi connectivity index (χ0) is 20.1. The second-order valence-electron chi connectivity index (χ2n) is 7.12. The lowest BCUT2D eigenvalue weighted by Crippen LogP contribution is -2.44. The molecule has 7 heteroatoms. The molecule has 0 saturated heterocycles. The first kappa shape index (κ1) is 19.4. The zero-order valence-corrected chi connectivity index (χ0v) is 16.8. The van der Waals surface area contributed by atoms with Gasteiger partial charge in [0.05, 0.1) is 24.2 Å². The number of carboxylic acids is 1. The summed E-state index contributed by atoms with van der Waals surface area (Å²) in [5, 5.41) is 21.6. The lowest BCUT2D eigenvalue weighted by Gasteiger charge is -2.34. The molecule has 1 aromatic carbocycles. The topological polar surface area (TPSA) is 86.3 Å². The van der Waals surface area contributed by atoms with Gasteiger partial charge in [0.15, 0.2) is 0 Å². The molecule has 4 rings (SSSR count). The Labute approximate surface area is 174 Å². The van der Waals surface area contributed by atoms with Crippen LogP contribution in [0.2, 0.25) is 0 Å². The van der Waals surface area contributed by atoms with Crippen molar-refractivity contribution in [2.45, 2.75) is 24.9 Å². The highest BCUT2D eigenvalue weighted by Crippen LogP contribution is 2.28. The Morgan fingerprint density at radius 3 is 2.97 bits per heavy atom. The maximum absolute atomic E-state index is 10.9. The van der Waals surface area contributed by atoms with Crippen LogP contribution in [0.1, 0.15) is 22.0 Å². The van der Waals surface area contributed by atoms with E-state index in [9.17, 15) is 4.79 Å². The number of aliphatic carboxylic acids is 1. The standard InChI is InChI=1S/C22H24N4O2S/c27-20(28)12-15-11-17(29-14-15)8-10-23-21(16-5-2-1-3-6-16)19-13-25-18-7-4-9-24-22(18)26-19/h1-7,9,11,14,19,21,23,25H,8,10,12-13H2,(H,24,26)(H,27,28)/t19-,21-/m1/s1. The van der Waals surface area contributed by atoms with Gasteiger partial charge < -0.3 is 21.1 Å². The summed E-state index contributed by atoms with van der Waals surface area (Å²) in [5.74, 6) is 0.0874. The van der Waals surface area contributed by atoms with Crippen molar-refractivity contribution in [2.24, 2.45) is 0 Å². The van der Waals surface area contributed by atoms with Crippen LogP contribution in [0.3, 0.4) is 0 Å². The highest BCUT2D eigenvalue weighted by molar-refractivity contribution is 7.10. The maximum atomic E-state index is 10.9. The average molecular weight is 409 g/mol. The van der Waals surface area contributed by atoms with Gasteiger partial charge in [-0.15, -0.1) is 11.3 Å². The summed E-state index contributed by atoms with van der Waals surface area (Å²) in [6, 6.07) is 16.7. The molecule has 29 heavy (non-hydrogen) atoms. The van der Waals surface area contributed by atoms with E-state index in [1.807, 2.05) is 29.6 Å². The van der Waals surface area contributed by atoms with Crippen LogP contribution in [0, 0.1) is 0 Å². The van der Waals surface area contributed by atoms with Crippen molar-refractivity contribution in [1.29, 1.82) is 0 Å². The summed E-state index contributed by atoms with van der Waals surface area (Å²) >= 11 is 1.62. The number of aromatic nitrogens is 1. The highest BCUT2D eigenvalue weighted by atomic mass is 32.1. The molecular formula is C22H24N4O2S. The Kier molecular flexibility index (Phi) is 6.07. The molecule has 4 N–H and O–H groups in total. The second-order valence-corrected chi connectivity index (χ2v) is 8.11. The van der Waals surface area contributed by atoms with E-state index < -0.39 is 5.97 Å². The third-order valence-corrected chi connectivity index (χ3v) is 6.05. The van der Waals surface area contributed by atoms with Crippen molar-refractivity contribution in [3.63, 3.8) is 0 Å². The predicted octanol–water partition coefficient (Wildman–Crippen LogP) is 3.55. The number of rotatable bonds is 8. The Balaban J connectivity index is 1.43. The van der Waals surface area contributed by atoms with E-state index in [0.717, 1.165) is 36.6 Å². The lowest BCUT2D eigenvalue weighted by molar-refractivity contribution is -0.136. The fraction of sp³-hybridized carbons (Fsp3) is 0.273. The maximum Gasteiger partial charge on any atom is 0.307 e. The number of nitrogens with one attached hydrogen (secondary N) is 3. The molecular weight excluding hydrogens is 384 g/mol. The summed E-state index contributed by atoms with van der Waals surface area (Å²) in [6.45, 7) is 1.60. The number of nitrogens with zero attached hydrogens (tertiary/aromatic N) is 1. The number of pyridine rings is 1. The molecule has 150 valence electrons. The van der Waals surface area contributed by atoms with Gasteiger partial charge in [0.2, 0.25) is 0 Å². The van der Waals surface area contributed by atoms with Crippen molar-refractivity contribution in [1.82, 2.24) is 10.3 Å². The van der Waals surface area contributed by atoms with E-state index in [4.69, 9.17) is 5.11 Å². The molecule has 0 saturated carbocycles. The number of carboxylic acid groups (broad SMARTS) is 1. The molecule has 0 aliphatic carbocycles. The smallest absolute Gasteiger partial charge is 0.307 e. The van der Waals surface area contributed by atoms with Crippen LogP contribution in [0.5, 0.6) is 0 Å². The van der Waals surface area contributed by atoms with Crippen LogP contribution >= 0.6 is 11.3 Å². The third kappa shape index (κ3) is 4.93. The van der Waals surface area contributed by atoms with Crippen LogP contribution in [0.4, 0.5) is 11.5 Å². The van der Waals surface area contributed by atoms with Crippen LogP contribution in [-0.4, -0.2) is 35.2 Å². The average Bonchev–Trinajstić information content (AvgIpc) is 3.18. The van der Waals surface area contributed by atoms with Crippen LogP contribution < -0.4 is 16.0 Å². The molecule has 0 radical (unpaired) electrons. The van der Waals surface area contributed by atoms with Gasteiger partial charge in [0.1, 0.15) is 5.82 Å². The fourth-order valence-electron chi connectivity index (χ4n) is 3.64. The van der Waals surface area contributed by atoms with Crippen molar-refractivity contribution >= 4 is 28.8 Å². The largest absolute Gasteiger partial charge is 0.481 e. The van der Waals surface area contributed by atoms with Crippen LogP contribution in [-0.2, 0) is 17.6 Å². The number of benzene rings is 1. The van der Waals surface area contributed by atoms with Crippen molar-refractivity contribution in [3.05, 3.63) is 76.1 Å². The predicted molar refractivity (Wildman–Crippen MR) is 117 cm³/mol. The molecule has 1 aliphatic heterocycles. The van der Waals surface area contributed by atoms with Gasteiger partial charge in [-0.3, -0.25) is 4.79 Å². The van der Waals surface area contributed by atoms with Crippen molar-refractivity contribution < 1.29 is 9.90 Å². The van der Waals surface area contributed by atoms with Gasteiger partial charge >= 0.3 is 5.97 Å². The zero-order valence-electron chi connectivity index (χ0n) is 16.0. The third-order valence-electron chi connectivity index (χ3n) is 5.00. The van der Waals surface area contributed by atoms with Gasteiger partial charge in [-0.1, -0.05) is 30.3 Å². The van der Waals surface area contributed by atoms with E-state index in [1.165, 1.54) is 10.4 Å². The normalized spacial score (nSPS) is 16.3. The molecule has 2 atom stereocenters. The van der Waals surface area contributed by atoms with Crippen molar-refractivity contribution in [3.8, 4) is 0 Å². The van der Waals surface area contributed by atoms with Crippen LogP contribution in [0.25, 0.3) is 0 Å². The summed E-state index contributed by atoms with van der Waals surface area (Å²) in [4.78, 5) is 16.5. The Morgan fingerprint density at radius 1 is 1.28 bits per heavy atom. The van der Waals surface area contributed by atoms with Gasteiger partial charge in [-0.25, -0.2) is 4.98 Å². The first-order chi connectivity index (χ1) is 14.2. The monoisotopic (exact) mass is 408 g/mol. The molecule has 2 aromatic heterocycles. The van der Waals surface area contributed by atoms with E-state index >= 15 is 0 Å². The minimum absolute atomic E-state index is 0.0840. The molecule has 0 fully saturated rings. The minimum Gasteiger partial charge on any atom is -0.481 e. The summed E-state index contributed by atoms with van der Waals surface area (Å²) < 4.78 is 0. The summed E-state index contributed by atoms with van der Waals surface area (Å²) in [5.41, 5.74) is 3.13. The van der Waals surface area contributed by atoms with E-state index in [-0.39, 0.29) is 18.5 Å². The molecule has 6 nitrogen and oxygen atoms in total. The molecule has 3 heterocycles. The van der Waals surface area contributed by atoms with Gasteiger partial charge in [-0.05, 0) is 41.1 Å². The molecule has 0 unspecified atom stereocenters. The lowest BCUT2D eigenvalue weighted by atomic mass is 9.97. The number of hydrogen-bond donors (Lipinski definition) is 4. The summed E-state index contributed by atoms with van der Waals surface area (Å²) in [7, 11) is 0. The number of fused-ring (bicyclic) bond motifs is 1. The number of hydrogen-bond acceptors (Lipinski definition) is 6. The molecule has 1 aliphatic rings. The highest BCUT2D eigenvalue weighted by Gasteiger charge is 2.27. The van der Waals surface area contributed by atoms with E-state index in [1.54, 1.807) is 17.5 Å². The first-order valence-electron chi connectivity index (χ1n) is 9.71. The molecule has 3 aromatic rings. The van der Waals surface area contributed by atoms with E-state index in [2.05, 4.69) is 45.2 Å². The van der Waals surface area contributed by atoms with Gasteiger partial charge in [-0.2, -0.15) is 0 Å². The molecule has 0 bridgehead atoms. The minimum atomic E-state index is -0.790. The first-order valence-corrected chi connectivity index (χ1v) is 10.6. The number of anilines is 2. The fourth-order valence-corrected chi connectivity index (χ4v) is 4.53. The van der Waals surface area contributed by atoms with Crippen molar-refractivity contribution in [2.75, 3.05) is 23.7 Å². The number of carbonyl (C=O) groups is 1. The van der Waals surface area contributed by atoms with Gasteiger partial charge in [0.25, 0.3) is 0 Å². The Hall–Kier alpha value is -2.90. The quantitative estimate of drug-likeness (QED) is 0.456. The Bertz CT molecular complexity index is 960. The Morgan fingerprint density at radius 2 is 2.14 bits per heavy atom. The van der Waals surface area contributed by atoms with E-state index in [0.29, 0.717) is 0 Å². The second kappa shape index (κ2) is 9.07. The van der Waals surface area contributed by atoms with Gasteiger partial charge in [0, 0.05) is 24.2 Å². The van der Waals surface area contributed by atoms with Crippen LogP contribution in [0.15, 0.2) is 60.1 Å². The molecule has 0 spiro atoms. The number of thiophene rings is 1. The summed E-state index contributed by atoms with van der Waals surface area (Å²) in [6.07, 6.45) is 2.75. The SMILES string of the molecule is O=C(O)Cc1csc(CCN[C@H](c2ccccc2)[C@H]2CNc3cccnc3N2)c1.